The monoisotopic (exact) mass is 264 g/mol. The molecule has 0 radical (unpaired) electrons. The molecule has 1 N–H and O–H groups in total. The third-order valence-corrected chi connectivity index (χ3v) is 4.99. The van der Waals surface area contributed by atoms with Crippen molar-refractivity contribution in [2.75, 3.05) is 0 Å². The molecule has 2 fully saturated rings. The smallest absolute Gasteiger partial charge is 0.157 e. The Kier molecular flexibility index (Phi) is 3.52. The molecule has 2 aliphatic rings. The van der Waals surface area contributed by atoms with Crippen molar-refractivity contribution in [1.29, 1.82) is 0 Å². The number of ether oxygens (including phenoxy) is 1. The molecule has 0 aromatic carbocycles. The molecule has 1 aromatic rings. The molecule has 0 saturated heterocycles. The minimum Gasteiger partial charge on any atom is -0.486 e. The van der Waals surface area contributed by atoms with Crippen LogP contribution in [0, 0.1) is 5.41 Å². The Balaban J connectivity index is 1.70. The summed E-state index contributed by atoms with van der Waals surface area (Å²) >= 11 is 0. The largest absolute Gasteiger partial charge is 0.486 e. The molecule has 4 nitrogen and oxygen atoms in total. The van der Waals surface area contributed by atoms with E-state index in [0.717, 1.165) is 31.6 Å². The average molecular weight is 264 g/mol. The summed E-state index contributed by atoms with van der Waals surface area (Å²) in [5.41, 5.74) is 0.0187. The minimum absolute atomic E-state index is 0.0187. The molecule has 106 valence electrons. The van der Waals surface area contributed by atoms with Crippen LogP contribution >= 0.6 is 0 Å². The lowest BCUT2D eigenvalue weighted by atomic mass is 9.59. The fourth-order valence-electron chi connectivity index (χ4n) is 3.68. The molecule has 2 aliphatic carbocycles. The second kappa shape index (κ2) is 5.16. The Morgan fingerprint density at radius 3 is 2.68 bits per heavy atom. The molecule has 1 heterocycles. The van der Waals surface area contributed by atoms with Crippen LogP contribution in [-0.4, -0.2) is 27.1 Å². The van der Waals surface area contributed by atoms with Gasteiger partial charge in [-0.05, 0) is 19.8 Å². The number of aromatic nitrogens is 2. The van der Waals surface area contributed by atoms with Gasteiger partial charge in [0.15, 0.2) is 5.75 Å². The minimum atomic E-state index is -0.170. The first-order chi connectivity index (χ1) is 9.24. The van der Waals surface area contributed by atoms with Crippen LogP contribution in [-0.2, 0) is 6.54 Å². The molecule has 1 aromatic heterocycles. The van der Waals surface area contributed by atoms with E-state index in [-0.39, 0.29) is 17.6 Å². The first-order valence-corrected chi connectivity index (χ1v) is 7.62. The van der Waals surface area contributed by atoms with Gasteiger partial charge in [0.25, 0.3) is 0 Å². The van der Waals surface area contributed by atoms with Gasteiger partial charge >= 0.3 is 0 Å². The van der Waals surface area contributed by atoms with Crippen molar-refractivity contribution >= 4 is 0 Å². The fraction of sp³-hybridized carbons (Fsp3) is 0.800. The van der Waals surface area contributed by atoms with Gasteiger partial charge < -0.3 is 9.84 Å². The molecule has 3 rings (SSSR count). The van der Waals surface area contributed by atoms with Crippen molar-refractivity contribution in [3.8, 4) is 5.75 Å². The lowest BCUT2D eigenvalue weighted by Gasteiger charge is -2.52. The second-order valence-electron chi connectivity index (χ2n) is 6.04. The molecular formula is C15H24N2O2. The number of aliphatic hydroxyl groups is 1. The van der Waals surface area contributed by atoms with Crippen LogP contribution in [0.25, 0.3) is 0 Å². The Bertz CT molecular complexity index is 422. The van der Waals surface area contributed by atoms with E-state index in [9.17, 15) is 5.11 Å². The average Bonchev–Trinajstić information content (AvgIpc) is 2.71. The van der Waals surface area contributed by atoms with E-state index in [0.29, 0.717) is 0 Å². The number of aliphatic hydroxyl groups excluding tert-OH is 1. The SMILES string of the molecule is CCn1cc(OC2CC(O)C23CCCCCC3)cn1. The van der Waals surface area contributed by atoms with Crippen LogP contribution < -0.4 is 4.74 Å². The molecule has 4 heteroatoms. The third kappa shape index (κ3) is 2.27. The van der Waals surface area contributed by atoms with E-state index in [1.165, 1.54) is 25.7 Å². The van der Waals surface area contributed by atoms with Crippen LogP contribution in [0.5, 0.6) is 5.75 Å². The predicted octanol–water partition coefficient (Wildman–Crippen LogP) is 2.76. The zero-order valence-corrected chi connectivity index (χ0v) is 11.7. The molecule has 19 heavy (non-hydrogen) atoms. The third-order valence-electron chi connectivity index (χ3n) is 4.99. The van der Waals surface area contributed by atoms with E-state index in [1.54, 1.807) is 6.20 Å². The van der Waals surface area contributed by atoms with Crippen molar-refractivity contribution in [2.24, 2.45) is 5.41 Å². The quantitative estimate of drug-likeness (QED) is 0.913. The first kappa shape index (κ1) is 13.0. The van der Waals surface area contributed by atoms with E-state index in [4.69, 9.17) is 4.74 Å². The second-order valence-corrected chi connectivity index (χ2v) is 6.04. The molecule has 1 spiro atoms. The number of hydrogen-bond acceptors (Lipinski definition) is 3. The van der Waals surface area contributed by atoms with Gasteiger partial charge in [0.05, 0.1) is 18.5 Å². The van der Waals surface area contributed by atoms with Gasteiger partial charge in [-0.15, -0.1) is 0 Å². The van der Waals surface area contributed by atoms with Gasteiger partial charge in [0.2, 0.25) is 0 Å². The number of aryl methyl sites for hydroxylation is 1. The zero-order valence-electron chi connectivity index (χ0n) is 11.7. The van der Waals surface area contributed by atoms with Gasteiger partial charge in [-0.1, -0.05) is 25.7 Å². The molecule has 2 atom stereocenters. The van der Waals surface area contributed by atoms with Crippen LogP contribution in [0.1, 0.15) is 51.9 Å². The number of rotatable bonds is 3. The highest BCUT2D eigenvalue weighted by Gasteiger charge is 2.55. The molecular weight excluding hydrogens is 240 g/mol. The van der Waals surface area contributed by atoms with Gasteiger partial charge in [0.1, 0.15) is 6.10 Å². The van der Waals surface area contributed by atoms with Gasteiger partial charge in [-0.3, -0.25) is 4.68 Å². The Morgan fingerprint density at radius 2 is 2.11 bits per heavy atom. The fourth-order valence-corrected chi connectivity index (χ4v) is 3.68. The van der Waals surface area contributed by atoms with Crippen molar-refractivity contribution in [3.05, 3.63) is 12.4 Å². The van der Waals surface area contributed by atoms with Gasteiger partial charge in [0, 0.05) is 18.4 Å². The van der Waals surface area contributed by atoms with Crippen molar-refractivity contribution in [2.45, 2.75) is 70.6 Å². The summed E-state index contributed by atoms with van der Waals surface area (Å²) in [6.07, 6.45) is 11.8. The number of nitrogens with zero attached hydrogens (tertiary/aromatic N) is 2. The molecule has 2 saturated carbocycles. The summed E-state index contributed by atoms with van der Waals surface area (Å²) in [5, 5.41) is 14.5. The molecule has 0 aliphatic heterocycles. The maximum absolute atomic E-state index is 10.2. The summed E-state index contributed by atoms with van der Waals surface area (Å²) in [6, 6.07) is 0. The molecule has 0 amide bonds. The standard InChI is InChI=1S/C15H24N2O2/c1-2-17-11-12(10-16-17)19-14-9-13(18)15(14)7-5-3-4-6-8-15/h10-11,13-14,18H,2-9H2,1H3. The normalized spacial score (nSPS) is 29.8. The predicted molar refractivity (Wildman–Crippen MR) is 73.1 cm³/mol. The lowest BCUT2D eigenvalue weighted by molar-refractivity contribution is -0.163. The van der Waals surface area contributed by atoms with E-state index >= 15 is 0 Å². The summed E-state index contributed by atoms with van der Waals surface area (Å²) in [7, 11) is 0. The summed E-state index contributed by atoms with van der Waals surface area (Å²) in [5.74, 6) is 0.849. The van der Waals surface area contributed by atoms with Crippen LogP contribution in [0.15, 0.2) is 12.4 Å². The highest BCUT2D eigenvalue weighted by Crippen LogP contribution is 2.52. The maximum Gasteiger partial charge on any atom is 0.157 e. The van der Waals surface area contributed by atoms with Gasteiger partial charge in [-0.2, -0.15) is 5.10 Å². The van der Waals surface area contributed by atoms with E-state index in [2.05, 4.69) is 12.0 Å². The Labute approximate surface area is 114 Å². The molecule has 2 unspecified atom stereocenters. The summed E-state index contributed by atoms with van der Waals surface area (Å²) < 4.78 is 7.99. The van der Waals surface area contributed by atoms with Crippen molar-refractivity contribution in [1.82, 2.24) is 9.78 Å². The Morgan fingerprint density at radius 1 is 1.37 bits per heavy atom. The van der Waals surface area contributed by atoms with Crippen LogP contribution in [0.3, 0.4) is 0 Å². The van der Waals surface area contributed by atoms with Gasteiger partial charge in [-0.25, -0.2) is 0 Å². The van der Waals surface area contributed by atoms with Crippen molar-refractivity contribution < 1.29 is 9.84 Å². The lowest BCUT2D eigenvalue weighted by Crippen LogP contribution is -2.59. The van der Waals surface area contributed by atoms with Crippen LogP contribution in [0.2, 0.25) is 0 Å². The topological polar surface area (TPSA) is 47.3 Å². The van der Waals surface area contributed by atoms with E-state index in [1.807, 2.05) is 10.9 Å². The van der Waals surface area contributed by atoms with Crippen LogP contribution in [0.4, 0.5) is 0 Å². The highest BCUT2D eigenvalue weighted by atomic mass is 16.5. The zero-order chi connectivity index (χ0) is 13.3. The summed E-state index contributed by atoms with van der Waals surface area (Å²) in [6.45, 7) is 2.93. The molecule has 0 bridgehead atoms. The summed E-state index contributed by atoms with van der Waals surface area (Å²) in [4.78, 5) is 0. The number of hydrogen-bond donors (Lipinski definition) is 1. The first-order valence-electron chi connectivity index (χ1n) is 7.62. The Hall–Kier alpha value is -1.03. The highest BCUT2D eigenvalue weighted by molar-refractivity contribution is 5.16. The maximum atomic E-state index is 10.2. The van der Waals surface area contributed by atoms with E-state index < -0.39 is 0 Å². The van der Waals surface area contributed by atoms with Crippen molar-refractivity contribution in [3.63, 3.8) is 0 Å².